The second-order valence-electron chi connectivity index (χ2n) is 2.89. The molecule has 0 aromatic heterocycles. The van der Waals surface area contributed by atoms with Crippen molar-refractivity contribution in [2.24, 2.45) is 11.8 Å². The van der Waals surface area contributed by atoms with Crippen molar-refractivity contribution in [2.45, 2.75) is 27.7 Å². The van der Waals surface area contributed by atoms with Gasteiger partial charge in [-0.15, -0.1) is 0 Å². The van der Waals surface area contributed by atoms with Gasteiger partial charge in [-0.3, -0.25) is 4.79 Å². The molecular formula is C9H16O2. The summed E-state index contributed by atoms with van der Waals surface area (Å²) < 4.78 is 14.8. The van der Waals surface area contributed by atoms with Crippen molar-refractivity contribution in [2.75, 3.05) is 0 Å². The van der Waals surface area contributed by atoms with E-state index in [-0.39, 0.29) is 5.76 Å². The highest BCUT2D eigenvalue weighted by Gasteiger charge is 2.07. The Bertz CT molecular complexity index is 231. The van der Waals surface area contributed by atoms with Gasteiger partial charge in [-0.2, -0.15) is 0 Å². The third kappa shape index (κ3) is 3.81. The third-order valence-electron chi connectivity index (χ3n) is 1.27. The molecule has 0 aromatic rings. The van der Waals surface area contributed by atoms with Crippen LogP contribution in [0, 0.1) is 11.8 Å². The lowest BCUT2D eigenvalue weighted by atomic mass is 10.1. The molecule has 0 aliphatic heterocycles. The van der Waals surface area contributed by atoms with Crippen LogP contribution >= 0.6 is 0 Å². The van der Waals surface area contributed by atoms with Gasteiger partial charge >= 0.3 is 0 Å². The van der Waals surface area contributed by atoms with Crippen LogP contribution in [0.5, 0.6) is 0 Å². The minimum Gasteiger partial charge on any atom is -0.512 e. The lowest BCUT2D eigenvalue weighted by Gasteiger charge is -2.03. The van der Waals surface area contributed by atoms with Crippen LogP contribution in [0.4, 0.5) is 0 Å². The summed E-state index contributed by atoms with van der Waals surface area (Å²) in [6, 6.07) is 0. The molecule has 0 fully saturated rings. The van der Waals surface area contributed by atoms with Gasteiger partial charge in [0, 0.05) is 20.6 Å². The third-order valence-corrected chi connectivity index (χ3v) is 1.27. The highest BCUT2D eigenvalue weighted by Crippen LogP contribution is 2.07. The Balaban J connectivity index is 4.70. The average molecular weight is 158 g/mol. The predicted molar refractivity (Wildman–Crippen MR) is 45.4 cm³/mol. The lowest BCUT2D eigenvalue weighted by Crippen LogP contribution is -2.05. The van der Waals surface area contributed by atoms with Crippen LogP contribution in [0.25, 0.3) is 0 Å². The first kappa shape index (κ1) is 6.89. The van der Waals surface area contributed by atoms with Gasteiger partial charge in [0.15, 0.2) is 5.78 Å². The number of aliphatic hydroxyl groups is 1. The lowest BCUT2D eigenvalue weighted by molar-refractivity contribution is -0.117. The minimum absolute atomic E-state index is 0.308. The van der Waals surface area contributed by atoms with Gasteiger partial charge in [0.05, 0.1) is 5.76 Å². The largest absolute Gasteiger partial charge is 0.512 e. The molecule has 0 saturated heterocycles. The van der Waals surface area contributed by atoms with E-state index in [1.54, 1.807) is 0 Å². The van der Waals surface area contributed by atoms with Crippen molar-refractivity contribution < 1.29 is 12.6 Å². The van der Waals surface area contributed by atoms with E-state index in [2.05, 4.69) is 0 Å². The highest BCUT2D eigenvalue weighted by molar-refractivity contribution is 5.91. The van der Waals surface area contributed by atoms with Crippen LogP contribution in [-0.2, 0) is 4.79 Å². The van der Waals surface area contributed by atoms with E-state index in [1.807, 2.05) is 0 Å². The Hall–Kier alpha value is -0.790. The van der Waals surface area contributed by atoms with Crippen molar-refractivity contribution in [1.82, 2.24) is 0 Å². The first-order valence-electron chi connectivity index (χ1n) is 4.51. The molecule has 1 N–H and O–H groups in total. The number of carbonyl (C=O) groups excluding carboxylic acids is 1. The molecule has 64 valence electrons. The second kappa shape index (κ2) is 4.16. The standard InChI is InChI=1S/C9H16O2/c1-6(2)8(10)5-9(11)7(3)4/h5-7,10H,1-4H3/i6D,7D. The van der Waals surface area contributed by atoms with Crippen LogP contribution in [-0.4, -0.2) is 10.9 Å². The van der Waals surface area contributed by atoms with Crippen LogP contribution in [0.3, 0.4) is 0 Å². The maximum absolute atomic E-state index is 11.2. The number of hydrogen-bond donors (Lipinski definition) is 1. The maximum atomic E-state index is 11.2. The first-order chi connectivity index (χ1) is 5.55. The van der Waals surface area contributed by atoms with Gasteiger partial charge in [-0.25, -0.2) is 0 Å². The summed E-state index contributed by atoms with van der Waals surface area (Å²) in [5, 5.41) is 9.29. The molecule has 0 rings (SSSR count). The van der Waals surface area contributed by atoms with Crippen molar-refractivity contribution in [3.05, 3.63) is 11.8 Å². The molecule has 2 nitrogen and oxygen atoms in total. The molecule has 0 unspecified atom stereocenters. The smallest absolute Gasteiger partial charge is 0.161 e. The Kier molecular flexibility index (Phi) is 2.61. The van der Waals surface area contributed by atoms with E-state index in [4.69, 9.17) is 2.74 Å². The number of allylic oxidation sites excluding steroid dienone is 2. The number of ketones is 1. The fourth-order valence-electron chi connectivity index (χ4n) is 0.413. The van der Waals surface area contributed by atoms with E-state index in [9.17, 15) is 9.90 Å². The predicted octanol–water partition coefficient (Wildman–Crippen LogP) is 2.31. The number of rotatable bonds is 3. The number of aliphatic hydroxyl groups excluding tert-OH is 1. The van der Waals surface area contributed by atoms with Crippen LogP contribution in [0.15, 0.2) is 11.8 Å². The summed E-state index contributed by atoms with van der Waals surface area (Å²) >= 11 is 0. The fraction of sp³-hybridized carbons (Fsp3) is 0.667. The summed E-state index contributed by atoms with van der Waals surface area (Å²) in [4.78, 5) is 11.2. The molecule has 0 bridgehead atoms. The van der Waals surface area contributed by atoms with E-state index in [0.29, 0.717) is 0 Å². The Morgan fingerprint density at radius 1 is 1.36 bits per heavy atom. The van der Waals surface area contributed by atoms with Crippen molar-refractivity contribution >= 4 is 5.78 Å². The quantitative estimate of drug-likeness (QED) is 0.505. The van der Waals surface area contributed by atoms with Crippen LogP contribution < -0.4 is 0 Å². The van der Waals surface area contributed by atoms with E-state index in [1.165, 1.54) is 27.7 Å². The molecule has 0 spiro atoms. The minimum atomic E-state index is -1.25. The Labute approximate surface area is 70.7 Å². The molecule has 0 amide bonds. The average Bonchev–Trinajstić information content (AvgIpc) is 1.82. The SMILES string of the molecule is [2H]C(C)(C)C(=O)C=C(O)C([2H])(C)C. The zero-order valence-electron chi connectivity index (χ0n) is 9.43. The van der Waals surface area contributed by atoms with Crippen molar-refractivity contribution in [3.8, 4) is 0 Å². The van der Waals surface area contributed by atoms with Crippen molar-refractivity contribution in [1.29, 1.82) is 0 Å². The number of carbonyl (C=O) groups is 1. The monoisotopic (exact) mass is 158 g/mol. The summed E-state index contributed by atoms with van der Waals surface area (Å²) in [7, 11) is 0. The molecule has 2 heteroatoms. The number of hydrogen-bond acceptors (Lipinski definition) is 2. The van der Waals surface area contributed by atoms with Gasteiger partial charge in [-0.1, -0.05) is 27.7 Å². The molecule has 0 aliphatic rings. The van der Waals surface area contributed by atoms with Gasteiger partial charge in [0.2, 0.25) is 0 Å². The topological polar surface area (TPSA) is 37.3 Å². The second-order valence-corrected chi connectivity index (χ2v) is 2.89. The summed E-state index contributed by atoms with van der Waals surface area (Å²) in [6.07, 6.45) is 0.958. The summed E-state index contributed by atoms with van der Waals surface area (Å²) in [6.45, 7) is 5.83. The molecule has 0 radical (unpaired) electrons. The summed E-state index contributed by atoms with van der Waals surface area (Å²) in [5.41, 5.74) is 0. The molecule has 0 saturated carbocycles. The van der Waals surface area contributed by atoms with E-state index >= 15 is 0 Å². The Morgan fingerprint density at radius 2 is 1.82 bits per heavy atom. The van der Waals surface area contributed by atoms with E-state index in [0.717, 1.165) is 6.08 Å². The van der Waals surface area contributed by atoms with Gasteiger partial charge in [-0.05, 0) is 0 Å². The summed E-state index contributed by atoms with van der Waals surface area (Å²) in [5.74, 6) is -3.23. The maximum Gasteiger partial charge on any atom is 0.161 e. The first-order valence-corrected chi connectivity index (χ1v) is 3.51. The molecule has 0 aromatic carbocycles. The van der Waals surface area contributed by atoms with Gasteiger partial charge in [0.25, 0.3) is 0 Å². The van der Waals surface area contributed by atoms with Gasteiger partial charge < -0.3 is 5.11 Å². The van der Waals surface area contributed by atoms with Gasteiger partial charge in [0.1, 0.15) is 0 Å². The molecule has 11 heavy (non-hydrogen) atoms. The van der Waals surface area contributed by atoms with Crippen molar-refractivity contribution in [3.63, 3.8) is 0 Å². The fourth-order valence-corrected chi connectivity index (χ4v) is 0.413. The van der Waals surface area contributed by atoms with Crippen LogP contribution in [0.2, 0.25) is 0 Å². The van der Waals surface area contributed by atoms with Crippen LogP contribution in [0.1, 0.15) is 30.4 Å². The Morgan fingerprint density at radius 3 is 2.09 bits per heavy atom. The highest BCUT2D eigenvalue weighted by atomic mass is 16.3. The zero-order chi connectivity index (χ0) is 10.9. The zero-order valence-corrected chi connectivity index (χ0v) is 7.43. The molecule has 0 aliphatic carbocycles. The molecular weight excluding hydrogens is 140 g/mol. The normalized spacial score (nSPS) is 17.3. The molecule has 0 heterocycles. The molecule has 0 atom stereocenters. The van der Waals surface area contributed by atoms with E-state index < -0.39 is 17.6 Å².